The van der Waals surface area contributed by atoms with E-state index >= 15 is 0 Å². The van der Waals surface area contributed by atoms with Gasteiger partial charge in [0, 0.05) is 6.61 Å². The third kappa shape index (κ3) is 8.44. The Balaban J connectivity index is 4.63. The fourth-order valence-corrected chi connectivity index (χ4v) is 2.08. The smallest absolute Gasteiger partial charge is 0.376 e. The van der Waals surface area contributed by atoms with Gasteiger partial charge in [-0.1, -0.05) is 26.3 Å². The van der Waals surface area contributed by atoms with Crippen molar-refractivity contribution < 1.29 is 36.2 Å². The standard InChI is InChI=1S/C17H28F6O2/c1-13(2,3)25-12-7-6-9-14(4,5)10-8-11-15(24,16(18,19)20)17(21,22)23/h8,11,24H,6-7,9-10,12H2,1-5H3/b11-8-. The Morgan fingerprint density at radius 1 is 0.840 bits per heavy atom. The molecule has 0 aliphatic heterocycles. The number of alkyl halides is 6. The first-order valence-electron chi connectivity index (χ1n) is 8.09. The van der Waals surface area contributed by atoms with Gasteiger partial charge < -0.3 is 9.84 Å². The summed E-state index contributed by atoms with van der Waals surface area (Å²) in [6.45, 7) is 9.81. The van der Waals surface area contributed by atoms with Crippen LogP contribution in [0.5, 0.6) is 0 Å². The van der Waals surface area contributed by atoms with Crippen LogP contribution in [-0.4, -0.2) is 35.3 Å². The first-order valence-corrected chi connectivity index (χ1v) is 8.09. The third-order valence-corrected chi connectivity index (χ3v) is 3.68. The molecule has 0 rings (SSSR count). The molecule has 2 nitrogen and oxygen atoms in total. The lowest BCUT2D eigenvalue weighted by Gasteiger charge is -2.30. The number of allylic oxidation sites excluding steroid dienone is 1. The highest BCUT2D eigenvalue weighted by Crippen LogP contribution is 2.44. The normalized spacial score (nSPS) is 15.2. The van der Waals surface area contributed by atoms with Gasteiger partial charge >= 0.3 is 12.4 Å². The lowest BCUT2D eigenvalue weighted by atomic mass is 9.83. The third-order valence-electron chi connectivity index (χ3n) is 3.68. The van der Waals surface area contributed by atoms with Gasteiger partial charge in [-0.25, -0.2) is 0 Å². The van der Waals surface area contributed by atoms with Crippen molar-refractivity contribution in [3.63, 3.8) is 0 Å². The SMILES string of the molecule is CC(C)(C/C=C\C(O)(C(F)(F)F)C(F)(F)F)CCCCOC(C)(C)C. The fourth-order valence-electron chi connectivity index (χ4n) is 2.08. The van der Waals surface area contributed by atoms with E-state index in [0.717, 1.165) is 18.9 Å². The van der Waals surface area contributed by atoms with E-state index in [1.165, 1.54) is 0 Å². The van der Waals surface area contributed by atoms with Crippen LogP contribution >= 0.6 is 0 Å². The van der Waals surface area contributed by atoms with E-state index in [2.05, 4.69) is 0 Å². The van der Waals surface area contributed by atoms with Gasteiger partial charge in [-0.2, -0.15) is 26.3 Å². The molecule has 0 spiro atoms. The van der Waals surface area contributed by atoms with E-state index in [0.29, 0.717) is 13.0 Å². The Hall–Kier alpha value is -0.760. The highest BCUT2D eigenvalue weighted by molar-refractivity contribution is 5.11. The van der Waals surface area contributed by atoms with Crippen LogP contribution in [0.2, 0.25) is 0 Å². The molecule has 8 heteroatoms. The van der Waals surface area contributed by atoms with Crippen molar-refractivity contribution in [2.24, 2.45) is 5.41 Å². The second kappa shape index (κ2) is 8.29. The Morgan fingerprint density at radius 2 is 1.32 bits per heavy atom. The van der Waals surface area contributed by atoms with Crippen LogP contribution in [0.3, 0.4) is 0 Å². The maximum absolute atomic E-state index is 12.6. The molecule has 0 fully saturated rings. The summed E-state index contributed by atoms with van der Waals surface area (Å²) in [5.74, 6) is 0. The second-order valence-corrected chi connectivity index (χ2v) is 7.95. The van der Waals surface area contributed by atoms with E-state index in [4.69, 9.17) is 9.84 Å². The number of halogens is 6. The molecular weight excluding hydrogens is 350 g/mol. The molecule has 25 heavy (non-hydrogen) atoms. The molecule has 0 saturated carbocycles. The van der Waals surface area contributed by atoms with E-state index in [1.54, 1.807) is 13.8 Å². The summed E-state index contributed by atoms with van der Waals surface area (Å²) in [7, 11) is 0. The van der Waals surface area contributed by atoms with Crippen molar-refractivity contribution in [2.75, 3.05) is 6.61 Å². The van der Waals surface area contributed by atoms with Crippen LogP contribution in [0.1, 0.15) is 60.3 Å². The summed E-state index contributed by atoms with van der Waals surface area (Å²) in [5, 5.41) is 9.05. The van der Waals surface area contributed by atoms with Crippen molar-refractivity contribution in [1.29, 1.82) is 0 Å². The largest absolute Gasteiger partial charge is 0.429 e. The van der Waals surface area contributed by atoms with Gasteiger partial charge in [0.1, 0.15) is 0 Å². The summed E-state index contributed by atoms with van der Waals surface area (Å²) in [6.07, 6.45) is -9.00. The van der Waals surface area contributed by atoms with Crippen molar-refractivity contribution in [1.82, 2.24) is 0 Å². The van der Waals surface area contributed by atoms with Crippen molar-refractivity contribution in [2.45, 2.75) is 83.9 Å². The number of rotatable bonds is 8. The van der Waals surface area contributed by atoms with E-state index in [9.17, 15) is 26.3 Å². The van der Waals surface area contributed by atoms with Gasteiger partial charge in [-0.3, -0.25) is 0 Å². The summed E-state index contributed by atoms with van der Waals surface area (Å²) < 4.78 is 81.0. The van der Waals surface area contributed by atoms with Gasteiger partial charge in [0.05, 0.1) is 5.60 Å². The van der Waals surface area contributed by atoms with Gasteiger partial charge in [0.2, 0.25) is 0 Å². The Morgan fingerprint density at radius 3 is 1.72 bits per heavy atom. The average molecular weight is 378 g/mol. The Labute approximate surface area is 145 Å². The van der Waals surface area contributed by atoms with Crippen LogP contribution in [0.15, 0.2) is 12.2 Å². The first kappa shape index (κ1) is 24.2. The van der Waals surface area contributed by atoms with Gasteiger partial charge in [0.25, 0.3) is 5.60 Å². The molecule has 0 amide bonds. The minimum Gasteiger partial charge on any atom is -0.376 e. The highest BCUT2D eigenvalue weighted by atomic mass is 19.4. The summed E-state index contributed by atoms with van der Waals surface area (Å²) in [5.41, 5.74) is -5.56. The molecule has 0 bridgehead atoms. The minimum absolute atomic E-state index is 0.0123. The molecule has 150 valence electrons. The molecule has 0 heterocycles. The molecular formula is C17H28F6O2. The first-order chi connectivity index (χ1) is 10.9. The maximum Gasteiger partial charge on any atom is 0.429 e. The van der Waals surface area contributed by atoms with Crippen LogP contribution in [0, 0.1) is 5.41 Å². The quantitative estimate of drug-likeness (QED) is 0.329. The Kier molecular flexibility index (Phi) is 8.04. The van der Waals surface area contributed by atoms with Gasteiger partial charge in [-0.05, 0) is 51.5 Å². The number of aliphatic hydroxyl groups is 1. The number of hydrogen-bond donors (Lipinski definition) is 1. The highest BCUT2D eigenvalue weighted by Gasteiger charge is 2.68. The van der Waals surface area contributed by atoms with Crippen molar-refractivity contribution >= 4 is 0 Å². The molecule has 0 saturated heterocycles. The van der Waals surface area contributed by atoms with E-state index in [-0.39, 0.29) is 18.1 Å². The van der Waals surface area contributed by atoms with Gasteiger partial charge in [0.15, 0.2) is 0 Å². The zero-order valence-corrected chi connectivity index (χ0v) is 15.3. The van der Waals surface area contributed by atoms with E-state index in [1.807, 2.05) is 20.8 Å². The molecule has 0 aliphatic rings. The van der Waals surface area contributed by atoms with Crippen LogP contribution in [0.4, 0.5) is 26.3 Å². The summed E-state index contributed by atoms with van der Waals surface area (Å²) >= 11 is 0. The summed E-state index contributed by atoms with van der Waals surface area (Å²) in [4.78, 5) is 0. The summed E-state index contributed by atoms with van der Waals surface area (Å²) in [6, 6.07) is 0. The monoisotopic (exact) mass is 378 g/mol. The van der Waals surface area contributed by atoms with Crippen molar-refractivity contribution in [3.05, 3.63) is 12.2 Å². The Bertz CT molecular complexity index is 416. The molecule has 0 aliphatic carbocycles. The molecule has 0 aromatic carbocycles. The molecule has 0 unspecified atom stereocenters. The predicted molar refractivity (Wildman–Crippen MR) is 84.2 cm³/mol. The maximum atomic E-state index is 12.6. The van der Waals surface area contributed by atoms with E-state index < -0.39 is 23.4 Å². The number of ether oxygens (including phenoxy) is 1. The van der Waals surface area contributed by atoms with Crippen LogP contribution in [-0.2, 0) is 4.74 Å². The van der Waals surface area contributed by atoms with Gasteiger partial charge in [-0.15, -0.1) is 0 Å². The van der Waals surface area contributed by atoms with Crippen molar-refractivity contribution in [3.8, 4) is 0 Å². The average Bonchev–Trinajstić information content (AvgIpc) is 2.33. The molecule has 0 aromatic heterocycles. The topological polar surface area (TPSA) is 29.5 Å². The number of unbranched alkanes of at least 4 members (excludes halogenated alkanes) is 1. The zero-order chi connectivity index (χ0) is 20.2. The molecule has 0 atom stereocenters. The lowest BCUT2D eigenvalue weighted by molar-refractivity contribution is -0.347. The fraction of sp³-hybridized carbons (Fsp3) is 0.882. The lowest BCUT2D eigenvalue weighted by Crippen LogP contribution is -2.55. The zero-order valence-electron chi connectivity index (χ0n) is 15.3. The predicted octanol–water partition coefficient (Wildman–Crippen LogP) is 5.80. The second-order valence-electron chi connectivity index (χ2n) is 7.95. The molecule has 1 N–H and O–H groups in total. The van der Waals surface area contributed by atoms with Crippen LogP contribution in [0.25, 0.3) is 0 Å². The van der Waals surface area contributed by atoms with Crippen LogP contribution < -0.4 is 0 Å². The minimum atomic E-state index is -5.82. The number of hydrogen-bond acceptors (Lipinski definition) is 2. The molecule has 0 aromatic rings. The molecule has 0 radical (unpaired) electrons.